The molecule has 3 heterocycles. The lowest BCUT2D eigenvalue weighted by molar-refractivity contribution is -0.117. The summed E-state index contributed by atoms with van der Waals surface area (Å²) in [5.74, 6) is -0.0106. The van der Waals surface area contributed by atoms with Gasteiger partial charge in [-0.25, -0.2) is 0 Å². The molecule has 4 rings (SSSR count). The van der Waals surface area contributed by atoms with Crippen molar-refractivity contribution < 1.29 is 9.59 Å². The van der Waals surface area contributed by atoms with Gasteiger partial charge in [0, 0.05) is 10.4 Å². The van der Waals surface area contributed by atoms with Gasteiger partial charge in [-0.15, -0.1) is 11.3 Å². The molecule has 0 aliphatic carbocycles. The number of amides is 2. The Morgan fingerprint density at radius 3 is 2.95 bits per heavy atom. The van der Waals surface area contributed by atoms with Crippen LogP contribution in [-0.4, -0.2) is 16.7 Å². The summed E-state index contributed by atoms with van der Waals surface area (Å²) in [6, 6.07) is 9.33. The summed E-state index contributed by atoms with van der Waals surface area (Å²) in [6.45, 7) is 0.561. The van der Waals surface area contributed by atoms with Crippen LogP contribution in [0.1, 0.15) is 33.3 Å². The smallest absolute Gasteiger partial charge is 0.255 e. The van der Waals surface area contributed by atoms with Crippen molar-refractivity contribution in [2.24, 2.45) is 0 Å². The number of rotatable bonds is 0. The third-order valence-corrected chi connectivity index (χ3v) is 4.81. The molecule has 2 amide bonds. The van der Waals surface area contributed by atoms with Crippen LogP contribution in [0.5, 0.6) is 0 Å². The number of carbonyl (C=O) groups is 2. The van der Waals surface area contributed by atoms with Crippen LogP contribution in [0.15, 0.2) is 35.7 Å². The van der Waals surface area contributed by atoms with Crippen molar-refractivity contribution in [2.45, 2.75) is 19.0 Å². The van der Waals surface area contributed by atoms with Gasteiger partial charge >= 0.3 is 0 Å². The highest BCUT2D eigenvalue weighted by molar-refractivity contribution is 7.10. The van der Waals surface area contributed by atoms with E-state index in [0.29, 0.717) is 13.0 Å². The van der Waals surface area contributed by atoms with Crippen molar-refractivity contribution in [2.75, 3.05) is 5.32 Å². The molecule has 1 N–H and O–H groups in total. The lowest BCUT2D eigenvalue weighted by atomic mass is 10.0. The van der Waals surface area contributed by atoms with Gasteiger partial charge in [0.25, 0.3) is 5.91 Å². The summed E-state index contributed by atoms with van der Waals surface area (Å²) in [4.78, 5) is 27.5. The van der Waals surface area contributed by atoms with Gasteiger partial charge in [-0.2, -0.15) is 0 Å². The van der Waals surface area contributed by atoms with E-state index in [9.17, 15) is 9.59 Å². The molecule has 0 saturated heterocycles. The van der Waals surface area contributed by atoms with Gasteiger partial charge in [-0.3, -0.25) is 9.59 Å². The summed E-state index contributed by atoms with van der Waals surface area (Å²) in [5, 5.41) is 4.88. The Balaban J connectivity index is 1.83. The molecule has 0 fully saturated rings. The average molecular weight is 284 g/mol. The van der Waals surface area contributed by atoms with Crippen molar-refractivity contribution in [1.82, 2.24) is 4.90 Å². The van der Waals surface area contributed by atoms with Gasteiger partial charge in [0.2, 0.25) is 5.91 Å². The van der Waals surface area contributed by atoms with E-state index in [1.165, 1.54) is 0 Å². The van der Waals surface area contributed by atoms with Gasteiger partial charge in [-0.05, 0) is 23.1 Å². The fourth-order valence-electron chi connectivity index (χ4n) is 2.95. The zero-order valence-corrected chi connectivity index (χ0v) is 11.4. The fourth-order valence-corrected chi connectivity index (χ4v) is 3.78. The molecule has 4 nitrogen and oxygen atoms in total. The number of fused-ring (bicyclic) bond motifs is 4. The van der Waals surface area contributed by atoms with Crippen molar-refractivity contribution >= 4 is 28.8 Å². The molecule has 0 radical (unpaired) electrons. The molecule has 2 aliphatic rings. The quantitative estimate of drug-likeness (QED) is 0.808. The zero-order chi connectivity index (χ0) is 13.7. The van der Waals surface area contributed by atoms with E-state index in [-0.39, 0.29) is 17.9 Å². The Morgan fingerprint density at radius 1 is 1.20 bits per heavy atom. The van der Waals surface area contributed by atoms with E-state index in [0.717, 1.165) is 21.7 Å². The van der Waals surface area contributed by atoms with Crippen LogP contribution in [0, 0.1) is 0 Å². The molecule has 20 heavy (non-hydrogen) atoms. The highest BCUT2D eigenvalue weighted by atomic mass is 32.1. The van der Waals surface area contributed by atoms with Crippen LogP contribution < -0.4 is 5.32 Å². The van der Waals surface area contributed by atoms with Crippen molar-refractivity contribution in [3.8, 4) is 0 Å². The highest BCUT2D eigenvalue weighted by Crippen LogP contribution is 2.40. The van der Waals surface area contributed by atoms with E-state index in [4.69, 9.17) is 0 Å². The second-order valence-corrected chi connectivity index (χ2v) is 6.05. The van der Waals surface area contributed by atoms with Crippen LogP contribution in [0.2, 0.25) is 0 Å². The highest BCUT2D eigenvalue weighted by Gasteiger charge is 2.39. The molecule has 1 unspecified atom stereocenters. The number of hydrogen-bond donors (Lipinski definition) is 1. The van der Waals surface area contributed by atoms with Crippen LogP contribution in [0.3, 0.4) is 0 Å². The first kappa shape index (κ1) is 11.7. The number of nitrogens with one attached hydrogen (secondary N) is 1. The number of nitrogens with zero attached hydrogens (tertiary/aromatic N) is 1. The number of anilines is 1. The summed E-state index contributed by atoms with van der Waals surface area (Å²) in [6.07, 6.45) is 0.318. The molecule has 1 aromatic carbocycles. The Labute approximate surface area is 120 Å². The van der Waals surface area contributed by atoms with E-state index in [2.05, 4.69) is 5.32 Å². The standard InChI is InChI=1S/C15H12N2O2S/c18-14-7-12-9-3-1-2-4-10(9)15(19)17(12)8-13-11(16-14)5-6-20-13/h1-6,12H,7-8H2,(H,16,18). The number of thiophene rings is 1. The van der Waals surface area contributed by atoms with Crippen molar-refractivity contribution in [3.05, 3.63) is 51.7 Å². The molecule has 2 aromatic rings. The minimum absolute atomic E-state index is 0.0275. The third kappa shape index (κ3) is 1.59. The first-order valence-electron chi connectivity index (χ1n) is 6.50. The van der Waals surface area contributed by atoms with E-state index in [1.54, 1.807) is 11.3 Å². The third-order valence-electron chi connectivity index (χ3n) is 3.90. The van der Waals surface area contributed by atoms with E-state index in [1.807, 2.05) is 40.6 Å². The molecule has 1 aromatic heterocycles. The number of benzene rings is 1. The molecule has 2 aliphatic heterocycles. The zero-order valence-electron chi connectivity index (χ0n) is 10.6. The van der Waals surface area contributed by atoms with Gasteiger partial charge in [-0.1, -0.05) is 18.2 Å². The van der Waals surface area contributed by atoms with E-state index < -0.39 is 0 Å². The maximum atomic E-state index is 12.5. The van der Waals surface area contributed by atoms with Crippen LogP contribution in [0.4, 0.5) is 5.69 Å². The Hall–Kier alpha value is -2.14. The first-order valence-corrected chi connectivity index (χ1v) is 7.38. The van der Waals surface area contributed by atoms with Crippen LogP contribution >= 0.6 is 11.3 Å². The normalized spacial score (nSPS) is 20.6. The molecule has 0 spiro atoms. The predicted octanol–water partition coefficient (Wildman–Crippen LogP) is 2.79. The number of carbonyl (C=O) groups excluding carboxylic acids is 2. The Kier molecular flexibility index (Phi) is 2.44. The second-order valence-electron chi connectivity index (χ2n) is 5.05. The molecule has 0 bridgehead atoms. The maximum absolute atomic E-state index is 12.5. The van der Waals surface area contributed by atoms with Gasteiger partial charge < -0.3 is 10.2 Å². The maximum Gasteiger partial charge on any atom is 0.255 e. The molecule has 100 valence electrons. The summed E-state index contributed by atoms with van der Waals surface area (Å²) >= 11 is 1.57. The fraction of sp³-hybridized carbons (Fsp3) is 0.200. The monoisotopic (exact) mass is 284 g/mol. The van der Waals surface area contributed by atoms with E-state index >= 15 is 0 Å². The minimum Gasteiger partial charge on any atom is -0.326 e. The first-order chi connectivity index (χ1) is 9.74. The lowest BCUT2D eigenvalue weighted by Crippen LogP contribution is -2.32. The summed E-state index contributed by atoms with van der Waals surface area (Å²) in [5.41, 5.74) is 2.53. The van der Waals surface area contributed by atoms with Gasteiger partial charge in [0.1, 0.15) is 0 Å². The summed E-state index contributed by atoms with van der Waals surface area (Å²) < 4.78 is 0. The van der Waals surface area contributed by atoms with Crippen LogP contribution in [-0.2, 0) is 11.3 Å². The van der Waals surface area contributed by atoms with Crippen molar-refractivity contribution in [1.29, 1.82) is 0 Å². The molecule has 0 saturated carbocycles. The topological polar surface area (TPSA) is 49.4 Å². The summed E-state index contributed by atoms with van der Waals surface area (Å²) in [7, 11) is 0. The SMILES string of the molecule is O=C1CC2c3ccccc3C(=O)N2Cc2sccc2N1. The van der Waals surface area contributed by atoms with Gasteiger partial charge in [0.05, 0.1) is 24.7 Å². The minimum atomic E-state index is -0.144. The Morgan fingerprint density at radius 2 is 2.05 bits per heavy atom. The molecule has 5 heteroatoms. The largest absolute Gasteiger partial charge is 0.326 e. The molecule has 1 atom stereocenters. The van der Waals surface area contributed by atoms with Gasteiger partial charge in [0.15, 0.2) is 0 Å². The van der Waals surface area contributed by atoms with Crippen LogP contribution in [0.25, 0.3) is 0 Å². The Bertz CT molecular complexity index is 722. The van der Waals surface area contributed by atoms with Crippen molar-refractivity contribution in [3.63, 3.8) is 0 Å². The predicted molar refractivity (Wildman–Crippen MR) is 76.6 cm³/mol. The molecular weight excluding hydrogens is 272 g/mol. The lowest BCUT2D eigenvalue weighted by Gasteiger charge is -2.27. The number of hydrogen-bond acceptors (Lipinski definition) is 3. The average Bonchev–Trinajstić information content (AvgIpc) is 2.96. The molecular formula is C15H12N2O2S. The second kappa shape index (κ2) is 4.18.